The van der Waals surface area contributed by atoms with Gasteiger partial charge in [-0.2, -0.15) is 0 Å². The Labute approximate surface area is 194 Å². The second kappa shape index (κ2) is 9.08. The van der Waals surface area contributed by atoms with E-state index in [-0.39, 0.29) is 27.6 Å². The highest BCUT2D eigenvalue weighted by atomic mass is 35.5. The molecule has 0 aromatic heterocycles. The molecule has 3 aromatic carbocycles. The predicted octanol–water partition coefficient (Wildman–Crippen LogP) is 3.88. The van der Waals surface area contributed by atoms with Crippen molar-refractivity contribution in [3.63, 3.8) is 0 Å². The van der Waals surface area contributed by atoms with Crippen LogP contribution in [0.15, 0.2) is 59.5 Å². The smallest absolute Gasteiger partial charge is 0.261 e. The molecule has 3 N–H and O–H groups in total. The van der Waals surface area contributed by atoms with Gasteiger partial charge in [-0.3, -0.25) is 9.52 Å². The molecule has 0 bridgehead atoms. The van der Waals surface area contributed by atoms with Crippen LogP contribution < -0.4 is 24.2 Å². The average Bonchev–Trinajstić information content (AvgIpc) is 2.79. The molecular weight excluding hydrogens is 472 g/mol. The van der Waals surface area contributed by atoms with Crippen molar-refractivity contribution in [2.45, 2.75) is 4.90 Å². The number of benzene rings is 3. The molecule has 0 radical (unpaired) electrons. The van der Waals surface area contributed by atoms with Crippen molar-refractivity contribution in [1.82, 2.24) is 0 Å². The van der Waals surface area contributed by atoms with E-state index in [1.165, 1.54) is 37.4 Å². The maximum atomic E-state index is 12.9. The van der Waals surface area contributed by atoms with E-state index in [1.807, 2.05) is 0 Å². The number of amides is 1. The van der Waals surface area contributed by atoms with Crippen molar-refractivity contribution in [3.05, 3.63) is 65.2 Å². The van der Waals surface area contributed by atoms with E-state index in [0.29, 0.717) is 35.5 Å². The summed E-state index contributed by atoms with van der Waals surface area (Å²) in [7, 11) is -2.59. The molecule has 0 unspecified atom stereocenters. The Morgan fingerprint density at radius 1 is 1.09 bits per heavy atom. The number of anilines is 2. The van der Waals surface area contributed by atoms with E-state index in [9.17, 15) is 18.3 Å². The number of fused-ring (bicyclic) bond motifs is 1. The second-order valence-corrected chi connectivity index (χ2v) is 9.07. The first kappa shape index (κ1) is 22.6. The number of methoxy groups -OCH3 is 1. The molecule has 9 nitrogen and oxygen atoms in total. The number of rotatable bonds is 6. The van der Waals surface area contributed by atoms with Crippen LogP contribution in [0.2, 0.25) is 5.02 Å². The lowest BCUT2D eigenvalue weighted by atomic mass is 10.1. The van der Waals surface area contributed by atoms with Crippen molar-refractivity contribution in [1.29, 1.82) is 0 Å². The number of hydrogen-bond donors (Lipinski definition) is 3. The lowest BCUT2D eigenvalue weighted by molar-refractivity contribution is 0.102. The van der Waals surface area contributed by atoms with Gasteiger partial charge in [0.25, 0.3) is 15.9 Å². The summed E-state index contributed by atoms with van der Waals surface area (Å²) >= 11 is 5.91. The summed E-state index contributed by atoms with van der Waals surface area (Å²) in [5, 5.41) is 13.1. The van der Waals surface area contributed by atoms with Gasteiger partial charge in [0.15, 0.2) is 11.5 Å². The van der Waals surface area contributed by atoms with Crippen LogP contribution in [0.1, 0.15) is 10.4 Å². The number of phenolic OH excluding ortho intramolecular Hbond substituents is 1. The summed E-state index contributed by atoms with van der Waals surface area (Å²) in [6, 6.07) is 12.7. The van der Waals surface area contributed by atoms with Gasteiger partial charge in [-0.15, -0.1) is 0 Å². The van der Waals surface area contributed by atoms with E-state index >= 15 is 0 Å². The first-order valence-corrected chi connectivity index (χ1v) is 11.5. The van der Waals surface area contributed by atoms with Gasteiger partial charge in [0.1, 0.15) is 19.0 Å². The van der Waals surface area contributed by atoms with Crippen LogP contribution >= 0.6 is 11.6 Å². The third kappa shape index (κ3) is 4.91. The Balaban J connectivity index is 1.60. The minimum absolute atomic E-state index is 0.0946. The molecule has 0 fully saturated rings. The maximum absolute atomic E-state index is 12.9. The Bertz CT molecular complexity index is 1310. The monoisotopic (exact) mass is 490 g/mol. The number of carbonyl (C=O) groups excluding carboxylic acids is 1. The van der Waals surface area contributed by atoms with Crippen LogP contribution in [0.5, 0.6) is 23.0 Å². The SMILES string of the molecule is COc1cc(C(=O)Nc2cc(S(=O)(=O)Nc3cccc(Cl)c3)ccc2O)cc2c1OCCO2. The summed E-state index contributed by atoms with van der Waals surface area (Å²) in [5.74, 6) is 0.122. The van der Waals surface area contributed by atoms with Crippen molar-refractivity contribution in [2.75, 3.05) is 30.4 Å². The zero-order valence-corrected chi connectivity index (χ0v) is 18.9. The van der Waals surface area contributed by atoms with Crippen LogP contribution in [0.25, 0.3) is 0 Å². The van der Waals surface area contributed by atoms with Crippen molar-refractivity contribution in [3.8, 4) is 23.0 Å². The zero-order valence-electron chi connectivity index (χ0n) is 17.3. The number of hydrogen-bond acceptors (Lipinski definition) is 7. The minimum atomic E-state index is -4.02. The van der Waals surface area contributed by atoms with E-state index in [2.05, 4.69) is 10.0 Å². The van der Waals surface area contributed by atoms with Crippen LogP contribution in [0, 0.1) is 0 Å². The molecule has 0 aliphatic carbocycles. The van der Waals surface area contributed by atoms with Gasteiger partial charge < -0.3 is 24.6 Å². The first-order chi connectivity index (χ1) is 15.8. The number of carbonyl (C=O) groups is 1. The van der Waals surface area contributed by atoms with Gasteiger partial charge in [-0.1, -0.05) is 17.7 Å². The third-order valence-corrected chi connectivity index (χ3v) is 6.31. The Kier molecular flexibility index (Phi) is 6.21. The largest absolute Gasteiger partial charge is 0.506 e. The maximum Gasteiger partial charge on any atom is 0.261 e. The van der Waals surface area contributed by atoms with Gasteiger partial charge in [0, 0.05) is 10.6 Å². The number of nitrogens with one attached hydrogen (secondary N) is 2. The minimum Gasteiger partial charge on any atom is -0.506 e. The van der Waals surface area contributed by atoms with Crippen LogP contribution in [0.4, 0.5) is 11.4 Å². The fourth-order valence-corrected chi connectivity index (χ4v) is 4.41. The molecular formula is C22H19ClN2O7S. The summed E-state index contributed by atoms with van der Waals surface area (Å²) in [4.78, 5) is 12.7. The van der Waals surface area contributed by atoms with Gasteiger partial charge in [0.05, 0.1) is 23.4 Å². The Morgan fingerprint density at radius 2 is 1.88 bits per heavy atom. The highest BCUT2D eigenvalue weighted by Crippen LogP contribution is 2.40. The molecule has 0 spiro atoms. The predicted molar refractivity (Wildman–Crippen MR) is 122 cm³/mol. The van der Waals surface area contributed by atoms with Gasteiger partial charge >= 0.3 is 0 Å². The lowest BCUT2D eigenvalue weighted by Gasteiger charge is -2.21. The quantitative estimate of drug-likeness (QED) is 0.448. The molecule has 0 saturated heterocycles. The molecule has 1 amide bonds. The number of aromatic hydroxyl groups is 1. The van der Waals surface area contributed by atoms with Crippen LogP contribution in [-0.2, 0) is 10.0 Å². The number of halogens is 1. The summed E-state index contributed by atoms with van der Waals surface area (Å²) in [5.41, 5.74) is 0.341. The molecule has 0 atom stereocenters. The average molecular weight is 491 g/mol. The van der Waals surface area contributed by atoms with Gasteiger partial charge in [0.2, 0.25) is 5.75 Å². The second-order valence-electron chi connectivity index (χ2n) is 6.95. The first-order valence-electron chi connectivity index (χ1n) is 9.67. The molecule has 0 saturated carbocycles. The lowest BCUT2D eigenvalue weighted by Crippen LogP contribution is -2.18. The molecule has 172 valence electrons. The molecule has 11 heteroatoms. The van der Waals surface area contributed by atoms with Gasteiger partial charge in [-0.25, -0.2) is 8.42 Å². The number of phenols is 1. The topological polar surface area (TPSA) is 123 Å². The molecule has 33 heavy (non-hydrogen) atoms. The van der Waals surface area contributed by atoms with Crippen LogP contribution in [0.3, 0.4) is 0 Å². The fraction of sp³-hybridized carbons (Fsp3) is 0.136. The number of ether oxygens (including phenoxy) is 3. The Hall–Kier alpha value is -3.63. The summed E-state index contributed by atoms with van der Waals surface area (Å²) in [6.45, 7) is 0.675. The van der Waals surface area contributed by atoms with Crippen LogP contribution in [-0.4, -0.2) is 39.8 Å². The van der Waals surface area contributed by atoms with Crippen molar-refractivity contribution >= 4 is 38.9 Å². The summed E-state index contributed by atoms with van der Waals surface area (Å²) in [6.07, 6.45) is 0. The standard InChI is InChI=1S/C22H19ClN2O7S/c1-30-19-9-13(10-20-21(19)32-8-7-31-20)22(27)24-17-12-16(5-6-18(17)26)33(28,29)25-15-4-2-3-14(23)11-15/h2-6,9-12,25-26H,7-8H2,1H3,(H,24,27). The number of sulfonamides is 1. The Morgan fingerprint density at radius 3 is 2.64 bits per heavy atom. The van der Waals surface area contributed by atoms with Crippen molar-refractivity contribution < 1.29 is 32.5 Å². The highest BCUT2D eigenvalue weighted by Gasteiger charge is 2.22. The van der Waals surface area contributed by atoms with E-state index in [4.69, 9.17) is 25.8 Å². The van der Waals surface area contributed by atoms with Crippen molar-refractivity contribution in [2.24, 2.45) is 0 Å². The van der Waals surface area contributed by atoms with E-state index < -0.39 is 15.9 Å². The van der Waals surface area contributed by atoms with Gasteiger partial charge in [-0.05, 0) is 48.5 Å². The summed E-state index contributed by atoms with van der Waals surface area (Å²) < 4.78 is 44.3. The highest BCUT2D eigenvalue weighted by molar-refractivity contribution is 7.92. The van der Waals surface area contributed by atoms with E-state index in [1.54, 1.807) is 18.2 Å². The third-order valence-electron chi connectivity index (χ3n) is 4.69. The molecule has 1 aliphatic rings. The molecule has 1 aliphatic heterocycles. The van der Waals surface area contributed by atoms with E-state index in [0.717, 1.165) is 6.07 Å². The fourth-order valence-electron chi connectivity index (χ4n) is 3.15. The zero-order chi connectivity index (χ0) is 23.6. The normalized spacial score (nSPS) is 12.7. The molecule has 1 heterocycles. The molecule has 4 rings (SSSR count). The molecule has 3 aromatic rings.